The number of aromatic hydroxyl groups is 1. The molecule has 8 nitrogen and oxygen atoms in total. The average molecular weight is 376 g/mol. The summed E-state index contributed by atoms with van der Waals surface area (Å²) in [6.07, 6.45) is 4.98. The molecule has 4 rings (SSSR count). The van der Waals surface area contributed by atoms with E-state index in [0.29, 0.717) is 16.4 Å². The quantitative estimate of drug-likeness (QED) is 0.492. The molecule has 28 heavy (non-hydrogen) atoms. The summed E-state index contributed by atoms with van der Waals surface area (Å²) >= 11 is 0. The highest BCUT2D eigenvalue weighted by atomic mass is 16.3. The molecule has 8 heteroatoms. The summed E-state index contributed by atoms with van der Waals surface area (Å²) in [6, 6.07) is 9.85. The largest absolute Gasteiger partial charge is 0.493 e. The first-order valence-corrected chi connectivity index (χ1v) is 8.82. The Morgan fingerprint density at radius 1 is 1.21 bits per heavy atom. The lowest BCUT2D eigenvalue weighted by atomic mass is 9.87. The Balaban J connectivity index is 1.83. The minimum absolute atomic E-state index is 0.0337. The lowest BCUT2D eigenvalue weighted by Crippen LogP contribution is -2.13. The molecule has 0 atom stereocenters. The van der Waals surface area contributed by atoms with Crippen LogP contribution in [0.15, 0.2) is 52.5 Å². The maximum absolute atomic E-state index is 11.3. The molecule has 0 unspecified atom stereocenters. The van der Waals surface area contributed by atoms with Gasteiger partial charge in [0.05, 0.1) is 11.9 Å². The SMILES string of the molecule is CC(C)(C)c1cccc(N=c2ccn3nc/c(=C\c4[nH]c(=O)[nH]c4O)c3n2)c1. The topological polar surface area (TPSA) is 111 Å². The van der Waals surface area contributed by atoms with Gasteiger partial charge in [0.1, 0.15) is 5.69 Å². The van der Waals surface area contributed by atoms with Crippen LogP contribution in [0, 0.1) is 0 Å². The molecule has 0 saturated carbocycles. The molecule has 4 aromatic rings. The number of aromatic nitrogens is 5. The van der Waals surface area contributed by atoms with Crippen LogP contribution in [0.2, 0.25) is 0 Å². The van der Waals surface area contributed by atoms with Crippen LogP contribution < -0.4 is 16.4 Å². The Bertz CT molecular complexity index is 1340. The van der Waals surface area contributed by atoms with E-state index in [1.165, 1.54) is 5.56 Å². The summed E-state index contributed by atoms with van der Waals surface area (Å²) < 4.78 is 1.61. The van der Waals surface area contributed by atoms with Gasteiger partial charge in [0.2, 0.25) is 5.88 Å². The van der Waals surface area contributed by atoms with Crippen LogP contribution >= 0.6 is 0 Å². The van der Waals surface area contributed by atoms with Crippen molar-refractivity contribution in [3.63, 3.8) is 0 Å². The van der Waals surface area contributed by atoms with Crippen LogP contribution in [0.3, 0.4) is 0 Å². The summed E-state index contributed by atoms with van der Waals surface area (Å²) in [4.78, 5) is 25.3. The Morgan fingerprint density at radius 2 is 2.04 bits per heavy atom. The Hall–Kier alpha value is -3.68. The third kappa shape index (κ3) is 3.44. The molecule has 0 spiro atoms. The fourth-order valence-electron chi connectivity index (χ4n) is 2.86. The number of H-pyrrole nitrogens is 2. The van der Waals surface area contributed by atoms with Crippen molar-refractivity contribution in [2.24, 2.45) is 4.99 Å². The van der Waals surface area contributed by atoms with Gasteiger partial charge in [0.15, 0.2) is 11.1 Å². The molecule has 0 aliphatic rings. The zero-order chi connectivity index (χ0) is 19.9. The van der Waals surface area contributed by atoms with Gasteiger partial charge in [-0.25, -0.2) is 19.3 Å². The number of nitrogens with zero attached hydrogens (tertiary/aromatic N) is 4. The maximum atomic E-state index is 11.3. The average Bonchev–Trinajstić information content (AvgIpc) is 3.17. The zero-order valence-corrected chi connectivity index (χ0v) is 15.8. The molecule has 1 aromatic carbocycles. The van der Waals surface area contributed by atoms with Crippen molar-refractivity contribution < 1.29 is 5.11 Å². The molecule has 142 valence electrons. The van der Waals surface area contributed by atoms with Crippen molar-refractivity contribution in [1.82, 2.24) is 24.6 Å². The predicted molar refractivity (Wildman–Crippen MR) is 105 cm³/mol. The molecule has 3 heterocycles. The molecule has 0 radical (unpaired) electrons. The first-order chi connectivity index (χ1) is 13.3. The molecule has 0 aliphatic carbocycles. The summed E-state index contributed by atoms with van der Waals surface area (Å²) in [5.74, 6) is -0.232. The zero-order valence-electron chi connectivity index (χ0n) is 15.8. The minimum Gasteiger partial charge on any atom is -0.493 e. The van der Waals surface area contributed by atoms with Gasteiger partial charge in [-0.1, -0.05) is 32.9 Å². The fraction of sp³-hybridized carbons (Fsp3) is 0.200. The van der Waals surface area contributed by atoms with Crippen LogP contribution in [0.1, 0.15) is 32.0 Å². The molecular weight excluding hydrogens is 356 g/mol. The number of hydrogen-bond donors (Lipinski definition) is 3. The van der Waals surface area contributed by atoms with Gasteiger partial charge in [0, 0.05) is 17.5 Å². The van der Waals surface area contributed by atoms with E-state index in [0.717, 1.165) is 5.69 Å². The molecule has 0 aliphatic heterocycles. The maximum Gasteiger partial charge on any atom is 0.326 e. The summed E-state index contributed by atoms with van der Waals surface area (Å²) in [7, 11) is 0. The van der Waals surface area contributed by atoms with E-state index in [1.54, 1.807) is 29.1 Å². The number of benzene rings is 1. The van der Waals surface area contributed by atoms with Gasteiger partial charge in [-0.15, -0.1) is 0 Å². The molecule has 0 saturated heterocycles. The van der Waals surface area contributed by atoms with Crippen molar-refractivity contribution in [2.45, 2.75) is 26.2 Å². The second-order valence-electron chi connectivity index (χ2n) is 7.55. The van der Waals surface area contributed by atoms with E-state index in [2.05, 4.69) is 57.9 Å². The summed E-state index contributed by atoms with van der Waals surface area (Å²) in [6.45, 7) is 6.47. The highest BCUT2D eigenvalue weighted by molar-refractivity contribution is 5.56. The van der Waals surface area contributed by atoms with Crippen LogP contribution in [0.4, 0.5) is 5.69 Å². The highest BCUT2D eigenvalue weighted by Crippen LogP contribution is 2.25. The van der Waals surface area contributed by atoms with Gasteiger partial charge in [-0.3, -0.25) is 4.98 Å². The van der Waals surface area contributed by atoms with Crippen molar-refractivity contribution in [3.05, 3.63) is 75.2 Å². The van der Waals surface area contributed by atoms with Crippen LogP contribution in [-0.2, 0) is 5.41 Å². The number of nitrogens with one attached hydrogen (secondary N) is 2. The lowest BCUT2D eigenvalue weighted by molar-refractivity contribution is 0.454. The summed E-state index contributed by atoms with van der Waals surface area (Å²) in [5, 5.41) is 14.6. The van der Waals surface area contributed by atoms with Crippen LogP contribution in [0.5, 0.6) is 5.88 Å². The predicted octanol–water partition coefficient (Wildman–Crippen LogP) is 1.53. The molecule has 0 fully saturated rings. The van der Waals surface area contributed by atoms with E-state index < -0.39 is 5.69 Å². The number of fused-ring (bicyclic) bond motifs is 1. The Morgan fingerprint density at radius 3 is 2.75 bits per heavy atom. The van der Waals surface area contributed by atoms with E-state index in [9.17, 15) is 9.90 Å². The number of aromatic amines is 2. The fourth-order valence-corrected chi connectivity index (χ4v) is 2.86. The van der Waals surface area contributed by atoms with E-state index in [1.807, 2.05) is 12.1 Å². The number of imidazole rings is 1. The van der Waals surface area contributed by atoms with E-state index >= 15 is 0 Å². The smallest absolute Gasteiger partial charge is 0.326 e. The highest BCUT2D eigenvalue weighted by Gasteiger charge is 2.13. The first kappa shape index (κ1) is 17.7. The minimum atomic E-state index is -0.484. The third-order valence-corrected chi connectivity index (χ3v) is 4.37. The molecule has 0 amide bonds. The molecule has 0 bridgehead atoms. The molecular formula is C20H20N6O2. The van der Waals surface area contributed by atoms with Crippen molar-refractivity contribution in [3.8, 4) is 5.88 Å². The van der Waals surface area contributed by atoms with Gasteiger partial charge in [-0.2, -0.15) is 5.10 Å². The second kappa shape index (κ2) is 6.49. The van der Waals surface area contributed by atoms with Crippen molar-refractivity contribution >= 4 is 17.4 Å². The summed E-state index contributed by atoms with van der Waals surface area (Å²) in [5.41, 5.74) is 2.94. The second-order valence-corrected chi connectivity index (χ2v) is 7.55. The van der Waals surface area contributed by atoms with E-state index in [-0.39, 0.29) is 17.0 Å². The number of rotatable bonds is 2. The monoisotopic (exact) mass is 376 g/mol. The van der Waals surface area contributed by atoms with E-state index in [4.69, 9.17) is 0 Å². The van der Waals surface area contributed by atoms with Crippen LogP contribution in [-0.4, -0.2) is 29.7 Å². The molecule has 3 aromatic heterocycles. The standard InChI is InChI=1S/C20H20N6O2/c1-20(2,3)13-5-4-6-14(10-13)22-16-7-8-26-17(24-16)12(11-21-26)9-15-18(27)25-19(28)23-15/h4-11,27H,1-3H3,(H2,23,25,28)/b12-9+,22-16?. The van der Waals surface area contributed by atoms with Gasteiger partial charge < -0.3 is 10.1 Å². The first-order valence-electron chi connectivity index (χ1n) is 8.82. The van der Waals surface area contributed by atoms with Crippen molar-refractivity contribution in [2.75, 3.05) is 0 Å². The normalized spacial score (nSPS) is 13.5. The Labute approximate surface area is 159 Å². The van der Waals surface area contributed by atoms with Gasteiger partial charge >= 0.3 is 5.69 Å². The van der Waals surface area contributed by atoms with Gasteiger partial charge in [0.25, 0.3) is 0 Å². The third-order valence-electron chi connectivity index (χ3n) is 4.37. The number of hydrogen-bond acceptors (Lipinski definition) is 5. The van der Waals surface area contributed by atoms with Crippen molar-refractivity contribution in [1.29, 1.82) is 0 Å². The Kier molecular flexibility index (Phi) is 4.11. The molecule has 3 N–H and O–H groups in total. The van der Waals surface area contributed by atoms with Crippen LogP contribution in [0.25, 0.3) is 11.7 Å². The van der Waals surface area contributed by atoms with Gasteiger partial charge in [-0.05, 0) is 29.2 Å². The lowest BCUT2D eigenvalue weighted by Gasteiger charge is -2.18.